The summed E-state index contributed by atoms with van der Waals surface area (Å²) >= 11 is 0. The number of esters is 2. The van der Waals surface area contributed by atoms with E-state index < -0.39 is 28.9 Å². The van der Waals surface area contributed by atoms with Crippen molar-refractivity contribution >= 4 is 11.9 Å². The SMILES string of the molecule is CCOC(=O)[C@@]1(c2ccc(O)cc2)C[C@@H]1C(=O)OC(C)(C)C. The molecule has 22 heavy (non-hydrogen) atoms. The Kier molecular flexibility index (Phi) is 4.18. The minimum Gasteiger partial charge on any atom is -0.508 e. The Hall–Kier alpha value is -2.04. The Bertz CT molecular complexity index is 570. The molecule has 1 saturated carbocycles. The number of benzene rings is 1. The highest BCUT2D eigenvalue weighted by atomic mass is 16.6. The van der Waals surface area contributed by atoms with E-state index in [1.807, 2.05) is 0 Å². The largest absolute Gasteiger partial charge is 0.508 e. The second-order valence-electron chi connectivity index (χ2n) is 6.53. The first-order chi connectivity index (χ1) is 10.2. The van der Waals surface area contributed by atoms with Crippen LogP contribution in [-0.2, 0) is 24.5 Å². The zero-order valence-corrected chi connectivity index (χ0v) is 13.4. The fourth-order valence-corrected chi connectivity index (χ4v) is 2.60. The van der Waals surface area contributed by atoms with Gasteiger partial charge < -0.3 is 14.6 Å². The Morgan fingerprint density at radius 2 is 1.86 bits per heavy atom. The van der Waals surface area contributed by atoms with Crippen molar-refractivity contribution in [1.29, 1.82) is 0 Å². The molecule has 0 aromatic heterocycles. The average Bonchev–Trinajstić information content (AvgIpc) is 3.15. The van der Waals surface area contributed by atoms with Gasteiger partial charge in [-0.25, -0.2) is 0 Å². The molecule has 1 aromatic carbocycles. The summed E-state index contributed by atoms with van der Waals surface area (Å²) in [5.41, 5.74) is -0.930. The van der Waals surface area contributed by atoms with Crippen LogP contribution in [0.1, 0.15) is 39.7 Å². The van der Waals surface area contributed by atoms with Gasteiger partial charge in [0.25, 0.3) is 0 Å². The molecule has 1 aliphatic carbocycles. The molecule has 120 valence electrons. The number of hydrogen-bond acceptors (Lipinski definition) is 5. The fraction of sp³-hybridized carbons (Fsp3) is 0.529. The van der Waals surface area contributed by atoms with Gasteiger partial charge in [0, 0.05) is 0 Å². The topological polar surface area (TPSA) is 72.8 Å². The molecule has 0 aliphatic heterocycles. The van der Waals surface area contributed by atoms with E-state index in [0.717, 1.165) is 0 Å². The molecule has 1 aromatic rings. The number of carbonyl (C=O) groups is 2. The third-order valence-corrected chi connectivity index (χ3v) is 3.67. The highest BCUT2D eigenvalue weighted by Gasteiger charge is 2.67. The third-order valence-electron chi connectivity index (χ3n) is 3.67. The monoisotopic (exact) mass is 306 g/mol. The number of hydrogen-bond donors (Lipinski definition) is 1. The average molecular weight is 306 g/mol. The molecule has 0 spiro atoms. The molecule has 0 bridgehead atoms. The van der Waals surface area contributed by atoms with Gasteiger partial charge in [0.2, 0.25) is 0 Å². The van der Waals surface area contributed by atoms with Gasteiger partial charge in [-0.05, 0) is 51.8 Å². The van der Waals surface area contributed by atoms with Gasteiger partial charge in [0.1, 0.15) is 16.8 Å². The molecule has 5 heteroatoms. The van der Waals surface area contributed by atoms with Crippen LogP contribution in [0.2, 0.25) is 0 Å². The number of ether oxygens (including phenoxy) is 2. The molecule has 2 rings (SSSR count). The summed E-state index contributed by atoms with van der Waals surface area (Å²) in [6.45, 7) is 7.35. The van der Waals surface area contributed by atoms with E-state index in [1.165, 1.54) is 12.1 Å². The first kappa shape index (κ1) is 16.3. The molecular formula is C17H22O5. The summed E-state index contributed by atoms with van der Waals surface area (Å²) in [6, 6.07) is 6.30. The van der Waals surface area contributed by atoms with Gasteiger partial charge in [0.15, 0.2) is 0 Å². The van der Waals surface area contributed by atoms with Crippen LogP contribution in [0, 0.1) is 5.92 Å². The standard InChI is InChI=1S/C17H22O5/c1-5-21-15(20)17(11-6-8-12(18)9-7-11)10-13(17)14(19)22-16(2,3)4/h6-9,13,18H,5,10H2,1-4H3/t13-,17-/m1/s1. The Morgan fingerprint density at radius 1 is 1.27 bits per heavy atom. The van der Waals surface area contributed by atoms with Crippen LogP contribution in [0.5, 0.6) is 5.75 Å². The van der Waals surface area contributed by atoms with Crippen LogP contribution in [0.15, 0.2) is 24.3 Å². The summed E-state index contributed by atoms with van der Waals surface area (Å²) in [4.78, 5) is 24.7. The lowest BCUT2D eigenvalue weighted by atomic mass is 9.93. The van der Waals surface area contributed by atoms with Crippen LogP contribution < -0.4 is 0 Å². The molecule has 0 unspecified atom stereocenters. The number of phenolic OH excluding ortho intramolecular Hbond substituents is 1. The molecule has 2 atom stereocenters. The van der Waals surface area contributed by atoms with E-state index in [2.05, 4.69) is 0 Å². The van der Waals surface area contributed by atoms with Gasteiger partial charge in [-0.3, -0.25) is 9.59 Å². The fourth-order valence-electron chi connectivity index (χ4n) is 2.60. The summed E-state index contributed by atoms with van der Waals surface area (Å²) < 4.78 is 10.5. The highest BCUT2D eigenvalue weighted by Crippen LogP contribution is 2.56. The van der Waals surface area contributed by atoms with Gasteiger partial charge in [-0.15, -0.1) is 0 Å². The number of aromatic hydroxyl groups is 1. The molecule has 0 saturated heterocycles. The lowest BCUT2D eigenvalue weighted by Gasteiger charge is -2.21. The van der Waals surface area contributed by atoms with Crippen LogP contribution in [0.4, 0.5) is 0 Å². The summed E-state index contributed by atoms with van der Waals surface area (Å²) in [7, 11) is 0. The molecule has 1 aliphatic rings. The normalized spacial score (nSPS) is 23.7. The van der Waals surface area contributed by atoms with Crippen molar-refractivity contribution in [3.05, 3.63) is 29.8 Å². The van der Waals surface area contributed by atoms with Crippen molar-refractivity contribution in [2.75, 3.05) is 6.61 Å². The van der Waals surface area contributed by atoms with E-state index >= 15 is 0 Å². The lowest BCUT2D eigenvalue weighted by Crippen LogP contribution is -2.31. The second kappa shape index (κ2) is 5.63. The van der Waals surface area contributed by atoms with Gasteiger partial charge in [-0.1, -0.05) is 12.1 Å². The molecule has 0 amide bonds. The van der Waals surface area contributed by atoms with E-state index in [4.69, 9.17) is 9.47 Å². The van der Waals surface area contributed by atoms with E-state index in [9.17, 15) is 14.7 Å². The van der Waals surface area contributed by atoms with Crippen LogP contribution in [0.25, 0.3) is 0 Å². The summed E-state index contributed by atoms with van der Waals surface area (Å²) in [6.07, 6.45) is 0.367. The molecule has 0 radical (unpaired) electrons. The van der Waals surface area contributed by atoms with Crippen LogP contribution >= 0.6 is 0 Å². The number of rotatable bonds is 4. The maximum Gasteiger partial charge on any atom is 0.317 e. The molecular weight excluding hydrogens is 284 g/mol. The van der Waals surface area contributed by atoms with Crippen molar-refractivity contribution < 1.29 is 24.2 Å². The molecule has 0 heterocycles. The molecule has 1 N–H and O–H groups in total. The summed E-state index contributed by atoms with van der Waals surface area (Å²) in [5, 5.41) is 9.40. The minimum atomic E-state index is -0.994. The Labute approximate surface area is 130 Å². The first-order valence-corrected chi connectivity index (χ1v) is 7.40. The van der Waals surface area contributed by atoms with E-state index in [-0.39, 0.29) is 12.4 Å². The quantitative estimate of drug-likeness (QED) is 0.865. The van der Waals surface area contributed by atoms with Crippen molar-refractivity contribution in [2.45, 2.75) is 45.1 Å². The van der Waals surface area contributed by atoms with Gasteiger partial charge in [-0.2, -0.15) is 0 Å². The lowest BCUT2D eigenvalue weighted by molar-refractivity contribution is -0.160. The highest BCUT2D eigenvalue weighted by molar-refractivity contribution is 5.96. The maximum atomic E-state index is 12.4. The Morgan fingerprint density at radius 3 is 2.36 bits per heavy atom. The second-order valence-corrected chi connectivity index (χ2v) is 6.53. The van der Waals surface area contributed by atoms with E-state index in [0.29, 0.717) is 12.0 Å². The number of carbonyl (C=O) groups excluding carboxylic acids is 2. The molecule has 5 nitrogen and oxygen atoms in total. The van der Waals surface area contributed by atoms with Crippen LogP contribution in [0.3, 0.4) is 0 Å². The first-order valence-electron chi connectivity index (χ1n) is 7.40. The number of phenols is 1. The summed E-state index contributed by atoms with van der Waals surface area (Å²) in [5.74, 6) is -1.25. The predicted molar refractivity (Wildman–Crippen MR) is 80.4 cm³/mol. The predicted octanol–water partition coefficient (Wildman–Crippen LogP) is 2.55. The zero-order chi connectivity index (χ0) is 16.5. The van der Waals surface area contributed by atoms with E-state index in [1.54, 1.807) is 39.8 Å². The smallest absolute Gasteiger partial charge is 0.317 e. The van der Waals surface area contributed by atoms with Gasteiger partial charge >= 0.3 is 11.9 Å². The van der Waals surface area contributed by atoms with Crippen LogP contribution in [-0.4, -0.2) is 29.3 Å². The minimum absolute atomic E-state index is 0.109. The van der Waals surface area contributed by atoms with Crippen molar-refractivity contribution in [1.82, 2.24) is 0 Å². The molecule has 1 fully saturated rings. The van der Waals surface area contributed by atoms with Crippen molar-refractivity contribution in [3.8, 4) is 5.75 Å². The maximum absolute atomic E-state index is 12.4. The third kappa shape index (κ3) is 3.08. The van der Waals surface area contributed by atoms with Gasteiger partial charge in [0.05, 0.1) is 12.5 Å². The van der Waals surface area contributed by atoms with Crippen molar-refractivity contribution in [2.24, 2.45) is 5.92 Å². The Balaban J connectivity index is 2.29. The van der Waals surface area contributed by atoms with Crippen molar-refractivity contribution in [3.63, 3.8) is 0 Å². The zero-order valence-electron chi connectivity index (χ0n) is 13.4.